The van der Waals surface area contributed by atoms with Crippen LogP contribution in [0, 0.1) is 10.8 Å². The summed E-state index contributed by atoms with van der Waals surface area (Å²) in [4.78, 5) is 43.0. The van der Waals surface area contributed by atoms with E-state index in [1.165, 1.54) is 17.0 Å². The van der Waals surface area contributed by atoms with Crippen molar-refractivity contribution in [3.63, 3.8) is 0 Å². The van der Waals surface area contributed by atoms with Crippen LogP contribution in [0.1, 0.15) is 37.7 Å². The number of aryl methyl sites for hydroxylation is 1. The van der Waals surface area contributed by atoms with Crippen molar-refractivity contribution in [2.45, 2.75) is 62.6 Å². The number of phenolic OH excluding ortho intramolecular Hbond substituents is 1. The number of rotatable bonds is 9. The van der Waals surface area contributed by atoms with Gasteiger partial charge in [0.2, 0.25) is 24.5 Å². The number of likely N-dealkylation sites (N-methyl/N-ethyl adjacent to an activating group) is 1. The fraction of sp³-hybridized carbons (Fsp3) is 0.680. The number of nitroso groups, excluding NO2 is 1. The molecule has 1 aromatic carbocycles. The molecule has 3 aliphatic rings. The van der Waals surface area contributed by atoms with E-state index in [0.29, 0.717) is 13.0 Å². The number of alkyl halides is 2. The van der Waals surface area contributed by atoms with Gasteiger partial charge >= 0.3 is 0 Å². The van der Waals surface area contributed by atoms with Crippen LogP contribution >= 0.6 is 0 Å². The zero-order valence-corrected chi connectivity index (χ0v) is 20.7. The highest BCUT2D eigenvalue weighted by Gasteiger charge is 2.56. The van der Waals surface area contributed by atoms with Gasteiger partial charge < -0.3 is 20.6 Å². The average molecular weight is 509 g/mol. The first-order valence-corrected chi connectivity index (χ1v) is 12.7. The molecular formula is C25H36F2N5O4+. The highest BCUT2D eigenvalue weighted by molar-refractivity contribution is 5.88. The summed E-state index contributed by atoms with van der Waals surface area (Å²) in [6.45, 7) is 2.50. The largest absolute Gasteiger partial charge is 0.508 e. The third kappa shape index (κ3) is 6.36. The predicted molar refractivity (Wildman–Crippen MR) is 129 cm³/mol. The number of nitrogens with zero attached hydrogens (tertiary/aromatic N) is 3. The van der Waals surface area contributed by atoms with Crippen LogP contribution in [0.3, 0.4) is 0 Å². The summed E-state index contributed by atoms with van der Waals surface area (Å²) in [6.07, 6.45) is 1.12. The van der Waals surface area contributed by atoms with E-state index in [1.54, 1.807) is 24.1 Å². The fourth-order valence-corrected chi connectivity index (χ4v) is 5.45. The molecule has 2 amide bonds. The average Bonchev–Trinajstić information content (AvgIpc) is 3.16. The maximum absolute atomic E-state index is 13.9. The molecule has 198 valence electrons. The molecule has 1 aromatic rings. The van der Waals surface area contributed by atoms with Crippen LogP contribution in [-0.2, 0) is 16.0 Å². The minimum absolute atomic E-state index is 0.00629. The first-order valence-electron chi connectivity index (χ1n) is 12.7. The Morgan fingerprint density at radius 1 is 1.25 bits per heavy atom. The molecule has 4 rings (SSSR count). The minimum atomic E-state index is -2.89. The molecule has 0 spiro atoms. The van der Waals surface area contributed by atoms with Gasteiger partial charge in [-0.25, -0.2) is 13.7 Å². The topological polar surface area (TPSA) is 105 Å². The summed E-state index contributed by atoms with van der Waals surface area (Å²) in [6, 6.07) is 3.63. The lowest BCUT2D eigenvalue weighted by Gasteiger charge is -2.45. The van der Waals surface area contributed by atoms with E-state index in [-0.39, 0.29) is 31.3 Å². The van der Waals surface area contributed by atoms with Gasteiger partial charge in [-0.1, -0.05) is 12.1 Å². The van der Waals surface area contributed by atoms with Gasteiger partial charge in [-0.15, -0.1) is 0 Å². The van der Waals surface area contributed by atoms with Crippen LogP contribution in [0.15, 0.2) is 24.3 Å². The fourth-order valence-electron chi connectivity index (χ4n) is 5.45. The lowest BCUT2D eigenvalue weighted by Crippen LogP contribution is -2.65. The molecule has 1 aliphatic carbocycles. The second kappa shape index (κ2) is 11.2. The highest BCUT2D eigenvalue weighted by atomic mass is 19.3. The van der Waals surface area contributed by atoms with Gasteiger partial charge in [0.05, 0.1) is 6.54 Å². The molecule has 11 heteroatoms. The van der Waals surface area contributed by atoms with Crippen LogP contribution in [0.25, 0.3) is 0 Å². The van der Waals surface area contributed by atoms with E-state index in [9.17, 15) is 28.4 Å². The SMILES string of the molecule is CN1CC(C(C(=O)NCC2CCNCC2)N(C(=O)CCc2ccc(O)cc2)C2CC(F)(F)C2)[N+](=O)C1. The molecule has 2 heterocycles. The second-order valence-electron chi connectivity index (χ2n) is 10.4. The Bertz CT molecular complexity index is 946. The third-order valence-corrected chi connectivity index (χ3v) is 7.52. The Labute approximate surface area is 209 Å². The molecule has 1 saturated carbocycles. The molecule has 2 aliphatic heterocycles. The number of nitrogens with one attached hydrogen (secondary N) is 2. The van der Waals surface area contributed by atoms with Crippen molar-refractivity contribution in [3.05, 3.63) is 34.7 Å². The number of piperidine rings is 1. The van der Waals surface area contributed by atoms with Crippen molar-refractivity contribution < 1.29 is 28.2 Å². The molecule has 9 nitrogen and oxygen atoms in total. The summed E-state index contributed by atoms with van der Waals surface area (Å²) < 4.78 is 28.6. The molecule has 2 atom stereocenters. The second-order valence-corrected chi connectivity index (χ2v) is 10.4. The monoisotopic (exact) mass is 508 g/mol. The maximum Gasteiger partial charge on any atom is 0.252 e. The first-order chi connectivity index (χ1) is 17.1. The number of hydrogen-bond acceptors (Lipinski definition) is 6. The highest BCUT2D eigenvalue weighted by Crippen LogP contribution is 2.42. The Kier molecular flexibility index (Phi) is 8.19. The van der Waals surface area contributed by atoms with Crippen LogP contribution in [0.4, 0.5) is 8.78 Å². The van der Waals surface area contributed by atoms with Crippen molar-refractivity contribution in [3.8, 4) is 5.75 Å². The standard InChI is InChI=1S/C25H35F2N5O4/c1-30-15-21(31(36)16-30)23(24(35)29-14-18-8-10-28-11-9-18)32(19-12-25(26,27)13-19)22(34)7-4-17-2-5-20(33)6-3-17/h2-3,5-6,18-19,21,23,28H,4,7-16H2,1H3,(H-,29,33,35)/p+1. The first kappa shape index (κ1) is 26.4. The predicted octanol–water partition coefficient (Wildman–Crippen LogP) is 1.49. The maximum atomic E-state index is 13.9. The van der Waals surface area contributed by atoms with E-state index in [0.717, 1.165) is 36.3 Å². The number of halogens is 2. The van der Waals surface area contributed by atoms with Gasteiger partial charge in [0.15, 0.2) is 6.04 Å². The molecule has 0 bridgehead atoms. The summed E-state index contributed by atoms with van der Waals surface area (Å²) in [5.74, 6) is -3.37. The minimum Gasteiger partial charge on any atom is -0.508 e. The van der Waals surface area contributed by atoms with Gasteiger partial charge in [-0.05, 0) is 63.0 Å². The van der Waals surface area contributed by atoms with Gasteiger partial charge in [0.25, 0.3) is 5.92 Å². The summed E-state index contributed by atoms with van der Waals surface area (Å²) in [5, 5.41) is 15.7. The van der Waals surface area contributed by atoms with Crippen LogP contribution in [0.2, 0.25) is 0 Å². The van der Waals surface area contributed by atoms with Crippen LogP contribution < -0.4 is 10.6 Å². The summed E-state index contributed by atoms with van der Waals surface area (Å²) >= 11 is 0. The molecule has 0 aromatic heterocycles. The molecule has 3 N–H and O–H groups in total. The lowest BCUT2D eigenvalue weighted by atomic mass is 9.84. The molecule has 3 fully saturated rings. The van der Waals surface area contributed by atoms with Crippen molar-refractivity contribution >= 4 is 11.8 Å². The molecule has 2 saturated heterocycles. The number of amides is 2. The smallest absolute Gasteiger partial charge is 0.252 e. The van der Waals surface area contributed by atoms with Gasteiger partial charge in [-0.2, -0.15) is 0 Å². The molecule has 0 radical (unpaired) electrons. The lowest BCUT2D eigenvalue weighted by molar-refractivity contribution is -0.573. The van der Waals surface area contributed by atoms with E-state index in [4.69, 9.17) is 0 Å². The van der Waals surface area contributed by atoms with E-state index >= 15 is 0 Å². The van der Waals surface area contributed by atoms with Crippen molar-refractivity contribution in [1.82, 2.24) is 20.4 Å². The van der Waals surface area contributed by atoms with Gasteiger partial charge in [-0.3, -0.25) is 9.59 Å². The van der Waals surface area contributed by atoms with Gasteiger partial charge in [0, 0.05) is 41.5 Å². The zero-order valence-electron chi connectivity index (χ0n) is 20.7. The molecule has 2 unspecified atom stereocenters. The normalized spacial score (nSPS) is 23.8. The van der Waals surface area contributed by atoms with E-state index < -0.39 is 48.7 Å². The number of carbonyl (C=O) groups excluding carboxylic acids is 2. The number of benzene rings is 1. The van der Waals surface area contributed by atoms with Gasteiger partial charge in [0.1, 0.15) is 5.75 Å². The zero-order chi connectivity index (χ0) is 25.9. The summed E-state index contributed by atoms with van der Waals surface area (Å²) in [5.41, 5.74) is 0.804. The van der Waals surface area contributed by atoms with E-state index in [2.05, 4.69) is 10.6 Å². The van der Waals surface area contributed by atoms with Crippen molar-refractivity contribution in [2.24, 2.45) is 5.92 Å². The third-order valence-electron chi connectivity index (χ3n) is 7.52. The Balaban J connectivity index is 1.55. The van der Waals surface area contributed by atoms with Crippen molar-refractivity contribution in [1.29, 1.82) is 0 Å². The van der Waals surface area contributed by atoms with Crippen LogP contribution in [-0.4, -0.2) is 95.4 Å². The number of carbonyl (C=O) groups is 2. The quantitative estimate of drug-likeness (QED) is 0.437. The van der Waals surface area contributed by atoms with Crippen molar-refractivity contribution in [2.75, 3.05) is 39.9 Å². The molecular weight excluding hydrogens is 472 g/mol. The Hall–Kier alpha value is -2.66. The number of phenols is 1. The number of aromatic hydroxyl groups is 1. The summed E-state index contributed by atoms with van der Waals surface area (Å²) in [7, 11) is 1.75. The Morgan fingerprint density at radius 2 is 1.92 bits per heavy atom. The van der Waals surface area contributed by atoms with E-state index in [1.807, 2.05) is 0 Å². The Morgan fingerprint density at radius 3 is 2.50 bits per heavy atom. The molecule has 36 heavy (non-hydrogen) atoms. The van der Waals surface area contributed by atoms with Crippen LogP contribution in [0.5, 0.6) is 5.75 Å². The number of hydrogen-bond donors (Lipinski definition) is 3.